The third-order valence-electron chi connectivity index (χ3n) is 2.05. The van der Waals surface area contributed by atoms with Gasteiger partial charge in [-0.15, -0.1) is 0 Å². The van der Waals surface area contributed by atoms with E-state index in [-0.39, 0.29) is 5.56 Å². The summed E-state index contributed by atoms with van der Waals surface area (Å²) < 4.78 is 0. The maximum Gasteiger partial charge on any atom is 0.337 e. The third-order valence-corrected chi connectivity index (χ3v) is 2.38. The van der Waals surface area contributed by atoms with Crippen molar-refractivity contribution >= 4 is 17.6 Å². The van der Waals surface area contributed by atoms with E-state index in [1.54, 1.807) is 24.3 Å². The molecular formula is C11H7ClN2O2. The highest BCUT2D eigenvalue weighted by molar-refractivity contribution is 6.33. The largest absolute Gasteiger partial charge is 0.478 e. The maximum absolute atomic E-state index is 10.8. The summed E-state index contributed by atoms with van der Waals surface area (Å²) in [5.41, 5.74) is 1.20. The van der Waals surface area contributed by atoms with Gasteiger partial charge in [-0.2, -0.15) is 10.2 Å². The van der Waals surface area contributed by atoms with Crippen molar-refractivity contribution in [3.63, 3.8) is 0 Å². The Hall–Kier alpha value is -1.94. The first kappa shape index (κ1) is 10.6. The minimum Gasteiger partial charge on any atom is -0.478 e. The average molecular weight is 235 g/mol. The lowest BCUT2D eigenvalue weighted by Gasteiger charge is -2.02. The Bertz CT molecular complexity index is 543. The molecule has 0 radical (unpaired) electrons. The van der Waals surface area contributed by atoms with Gasteiger partial charge in [-0.1, -0.05) is 29.8 Å². The molecule has 5 heteroatoms. The number of benzene rings is 1. The molecule has 2 rings (SSSR count). The highest BCUT2D eigenvalue weighted by Gasteiger charge is 2.09. The van der Waals surface area contributed by atoms with Crippen molar-refractivity contribution < 1.29 is 9.90 Å². The minimum atomic E-state index is -1.04. The van der Waals surface area contributed by atoms with Crippen LogP contribution >= 0.6 is 11.6 Å². The van der Waals surface area contributed by atoms with Crippen LogP contribution in [0.25, 0.3) is 11.3 Å². The van der Waals surface area contributed by atoms with Crippen molar-refractivity contribution in [1.29, 1.82) is 0 Å². The molecule has 0 aliphatic carbocycles. The summed E-state index contributed by atoms with van der Waals surface area (Å²) in [7, 11) is 0. The van der Waals surface area contributed by atoms with Crippen molar-refractivity contribution in [3.8, 4) is 11.3 Å². The smallest absolute Gasteiger partial charge is 0.337 e. The summed E-state index contributed by atoms with van der Waals surface area (Å²) in [6.07, 6.45) is 1.20. The Labute approximate surface area is 96.5 Å². The Morgan fingerprint density at radius 1 is 1.31 bits per heavy atom. The van der Waals surface area contributed by atoms with Crippen LogP contribution in [0, 0.1) is 0 Å². The fourth-order valence-corrected chi connectivity index (χ4v) is 1.52. The molecule has 0 spiro atoms. The van der Waals surface area contributed by atoms with E-state index in [2.05, 4.69) is 10.2 Å². The Kier molecular flexibility index (Phi) is 2.83. The van der Waals surface area contributed by atoms with Gasteiger partial charge in [-0.3, -0.25) is 0 Å². The van der Waals surface area contributed by atoms with Crippen molar-refractivity contribution in [3.05, 3.63) is 47.1 Å². The van der Waals surface area contributed by atoms with Gasteiger partial charge in [0.2, 0.25) is 0 Å². The number of aromatic nitrogens is 2. The molecule has 0 amide bonds. The number of aromatic carboxylic acids is 1. The standard InChI is InChI=1S/C11H7ClN2O2/c12-9-4-2-1-3-8(9)10-5-7(11(15)16)6-13-14-10/h1-6H,(H,15,16). The van der Waals surface area contributed by atoms with Crippen LogP contribution in [0.4, 0.5) is 0 Å². The lowest BCUT2D eigenvalue weighted by Crippen LogP contribution is -1.99. The summed E-state index contributed by atoms with van der Waals surface area (Å²) >= 11 is 5.98. The molecule has 0 atom stereocenters. The highest BCUT2D eigenvalue weighted by Crippen LogP contribution is 2.25. The molecule has 0 aliphatic heterocycles. The van der Waals surface area contributed by atoms with E-state index in [9.17, 15) is 4.79 Å². The summed E-state index contributed by atoms with van der Waals surface area (Å²) in [6.45, 7) is 0. The van der Waals surface area contributed by atoms with E-state index >= 15 is 0 Å². The first-order valence-electron chi connectivity index (χ1n) is 4.49. The quantitative estimate of drug-likeness (QED) is 0.867. The number of carbonyl (C=O) groups is 1. The molecule has 16 heavy (non-hydrogen) atoms. The summed E-state index contributed by atoms with van der Waals surface area (Å²) in [5, 5.41) is 16.8. The van der Waals surface area contributed by atoms with Crippen LogP contribution in [-0.2, 0) is 0 Å². The Balaban J connectivity index is 2.53. The van der Waals surface area contributed by atoms with Crippen LogP contribution in [0.15, 0.2) is 36.5 Å². The van der Waals surface area contributed by atoms with Gasteiger partial charge in [0.25, 0.3) is 0 Å². The predicted molar refractivity (Wildman–Crippen MR) is 59.4 cm³/mol. The second-order valence-electron chi connectivity index (χ2n) is 3.11. The number of hydrogen-bond donors (Lipinski definition) is 1. The zero-order valence-electron chi connectivity index (χ0n) is 8.09. The van der Waals surface area contributed by atoms with Gasteiger partial charge in [-0.25, -0.2) is 4.79 Å². The fraction of sp³-hybridized carbons (Fsp3) is 0. The van der Waals surface area contributed by atoms with Crippen molar-refractivity contribution in [2.45, 2.75) is 0 Å². The molecule has 0 saturated carbocycles. The van der Waals surface area contributed by atoms with Gasteiger partial charge in [-0.05, 0) is 12.1 Å². The third kappa shape index (κ3) is 2.01. The van der Waals surface area contributed by atoms with Gasteiger partial charge >= 0.3 is 5.97 Å². The molecule has 0 unspecified atom stereocenters. The molecule has 80 valence electrons. The number of rotatable bonds is 2. The molecule has 1 heterocycles. The van der Waals surface area contributed by atoms with E-state index in [4.69, 9.17) is 16.7 Å². The maximum atomic E-state index is 10.8. The van der Waals surface area contributed by atoms with Gasteiger partial charge in [0.15, 0.2) is 0 Å². The average Bonchev–Trinajstić information content (AvgIpc) is 2.30. The summed E-state index contributed by atoms with van der Waals surface area (Å²) in [6, 6.07) is 8.51. The molecular weight excluding hydrogens is 228 g/mol. The van der Waals surface area contributed by atoms with Gasteiger partial charge in [0, 0.05) is 5.56 Å². The predicted octanol–water partition coefficient (Wildman–Crippen LogP) is 2.50. The number of hydrogen-bond acceptors (Lipinski definition) is 3. The van der Waals surface area contributed by atoms with Crippen molar-refractivity contribution in [2.24, 2.45) is 0 Å². The SMILES string of the molecule is O=C(O)c1cnnc(-c2ccccc2Cl)c1. The van der Waals surface area contributed by atoms with E-state index in [0.717, 1.165) is 0 Å². The molecule has 0 saturated heterocycles. The van der Waals surface area contributed by atoms with Crippen LogP contribution in [0.5, 0.6) is 0 Å². The van der Waals surface area contributed by atoms with Crippen LogP contribution < -0.4 is 0 Å². The number of carboxylic acids is 1. The summed E-state index contributed by atoms with van der Waals surface area (Å²) in [4.78, 5) is 10.8. The first-order valence-corrected chi connectivity index (χ1v) is 4.87. The lowest BCUT2D eigenvalue weighted by atomic mass is 10.1. The van der Waals surface area contributed by atoms with Crippen LogP contribution in [0.2, 0.25) is 5.02 Å². The highest BCUT2D eigenvalue weighted by atomic mass is 35.5. The van der Waals surface area contributed by atoms with Crippen molar-refractivity contribution in [2.75, 3.05) is 0 Å². The molecule has 1 N–H and O–H groups in total. The van der Waals surface area contributed by atoms with Gasteiger partial charge in [0.1, 0.15) is 0 Å². The second-order valence-corrected chi connectivity index (χ2v) is 3.52. The molecule has 1 aromatic carbocycles. The summed E-state index contributed by atoms with van der Waals surface area (Å²) in [5.74, 6) is -1.04. The Morgan fingerprint density at radius 2 is 2.06 bits per heavy atom. The zero-order valence-corrected chi connectivity index (χ0v) is 8.85. The Morgan fingerprint density at radius 3 is 2.75 bits per heavy atom. The zero-order chi connectivity index (χ0) is 11.5. The molecule has 0 fully saturated rings. The molecule has 0 aliphatic rings. The van der Waals surface area contributed by atoms with Crippen LogP contribution in [0.3, 0.4) is 0 Å². The molecule has 1 aromatic heterocycles. The lowest BCUT2D eigenvalue weighted by molar-refractivity contribution is 0.0696. The fourth-order valence-electron chi connectivity index (χ4n) is 1.28. The molecule has 2 aromatic rings. The van der Waals surface area contributed by atoms with Gasteiger partial charge < -0.3 is 5.11 Å². The number of nitrogens with zero attached hydrogens (tertiary/aromatic N) is 2. The van der Waals surface area contributed by atoms with E-state index in [1.165, 1.54) is 12.3 Å². The van der Waals surface area contributed by atoms with Crippen LogP contribution in [-0.4, -0.2) is 21.3 Å². The minimum absolute atomic E-state index is 0.0879. The van der Waals surface area contributed by atoms with E-state index in [1.807, 2.05) is 0 Å². The molecule has 4 nitrogen and oxygen atoms in total. The van der Waals surface area contributed by atoms with Crippen LogP contribution in [0.1, 0.15) is 10.4 Å². The van der Waals surface area contributed by atoms with Crippen molar-refractivity contribution in [1.82, 2.24) is 10.2 Å². The molecule has 0 bridgehead atoms. The monoisotopic (exact) mass is 234 g/mol. The van der Waals surface area contributed by atoms with Gasteiger partial charge in [0.05, 0.1) is 22.5 Å². The number of carboxylic acid groups (broad SMARTS) is 1. The normalized spacial score (nSPS) is 10.1. The first-order chi connectivity index (χ1) is 7.68. The van der Waals surface area contributed by atoms with E-state index < -0.39 is 5.97 Å². The van der Waals surface area contributed by atoms with E-state index in [0.29, 0.717) is 16.3 Å². The topological polar surface area (TPSA) is 63.1 Å². The number of halogens is 1. The second kappa shape index (κ2) is 4.28.